The van der Waals surface area contributed by atoms with Crippen LogP contribution < -0.4 is 16.4 Å². The number of hydrogen-bond acceptors (Lipinski definition) is 8. The topological polar surface area (TPSA) is 166 Å². The zero-order valence-corrected chi connectivity index (χ0v) is 27.7. The molecule has 2 aliphatic rings. The molecule has 1 aromatic carbocycles. The molecule has 4 rings (SSSR count). The molecule has 2 aromatic rings. The first kappa shape index (κ1) is 40.1. The number of nitrogens with zero attached hydrogens (tertiary/aromatic N) is 3. The van der Waals surface area contributed by atoms with Crippen molar-refractivity contribution in [3.8, 4) is 0 Å². The summed E-state index contributed by atoms with van der Waals surface area (Å²) in [5.74, 6) is -6.67. The Labute approximate surface area is 284 Å². The van der Waals surface area contributed by atoms with Gasteiger partial charge in [0.2, 0.25) is 11.8 Å². The summed E-state index contributed by atoms with van der Waals surface area (Å²) in [6, 6.07) is 8.59. The summed E-state index contributed by atoms with van der Waals surface area (Å²) in [6.45, 7) is 7.18. The molecule has 276 valence electrons. The zero-order chi connectivity index (χ0) is 37.5. The summed E-state index contributed by atoms with van der Waals surface area (Å²) in [5.41, 5.74) is 5.08. The lowest BCUT2D eigenvalue weighted by atomic mass is 9.75. The van der Waals surface area contributed by atoms with Crippen LogP contribution >= 0.6 is 0 Å². The quantitative estimate of drug-likeness (QED) is 0.234. The Kier molecular flexibility index (Phi) is 12.9. The highest BCUT2D eigenvalue weighted by molar-refractivity contribution is 6.41. The van der Waals surface area contributed by atoms with E-state index in [0.717, 1.165) is 50.8 Å². The van der Waals surface area contributed by atoms with Gasteiger partial charge in [-0.25, -0.2) is 4.98 Å². The van der Waals surface area contributed by atoms with Gasteiger partial charge in [0, 0.05) is 19.3 Å². The van der Waals surface area contributed by atoms with Gasteiger partial charge in [0.05, 0.1) is 25.1 Å². The molecule has 1 saturated heterocycles. The number of anilines is 1. The number of Topliss-reactive ketones (excluding diaryl/α,β-unsaturated/α-hetero) is 2. The van der Waals surface area contributed by atoms with E-state index in [2.05, 4.69) is 22.5 Å². The maximum absolute atomic E-state index is 13.5. The highest BCUT2D eigenvalue weighted by atomic mass is 19.4. The third kappa shape index (κ3) is 10.6. The Bertz CT molecular complexity index is 1490. The Morgan fingerprint density at radius 2 is 1.54 bits per heavy atom. The van der Waals surface area contributed by atoms with Crippen LogP contribution in [-0.4, -0.2) is 87.4 Å². The van der Waals surface area contributed by atoms with E-state index in [1.807, 2.05) is 39.8 Å². The average molecular weight is 719 g/mol. The van der Waals surface area contributed by atoms with Gasteiger partial charge in [-0.2, -0.15) is 26.3 Å². The van der Waals surface area contributed by atoms with Crippen molar-refractivity contribution < 1.29 is 55.1 Å². The van der Waals surface area contributed by atoms with Gasteiger partial charge in [-0.3, -0.25) is 24.0 Å². The number of piperidine rings is 1. The highest BCUT2D eigenvalue weighted by Crippen LogP contribution is 2.42. The smallest absolute Gasteiger partial charge is 0.374 e. The number of nitrogens with one attached hydrogen (secondary N) is 2. The fourth-order valence-corrected chi connectivity index (χ4v) is 5.09. The number of ketones is 2. The van der Waals surface area contributed by atoms with Crippen LogP contribution in [0.5, 0.6) is 0 Å². The number of carbonyl (C=O) groups excluding carboxylic acids is 5. The van der Waals surface area contributed by atoms with Crippen molar-refractivity contribution in [3.05, 3.63) is 48.4 Å². The van der Waals surface area contributed by atoms with Crippen molar-refractivity contribution in [1.82, 2.24) is 19.8 Å². The molecule has 18 heteroatoms. The van der Waals surface area contributed by atoms with E-state index in [1.54, 1.807) is 26.4 Å². The van der Waals surface area contributed by atoms with E-state index in [9.17, 15) is 50.3 Å². The summed E-state index contributed by atoms with van der Waals surface area (Å²) < 4.78 is 74.6. The van der Waals surface area contributed by atoms with Gasteiger partial charge in [-0.15, -0.1) is 0 Å². The number of amides is 3. The van der Waals surface area contributed by atoms with E-state index in [1.165, 1.54) is 0 Å². The first-order valence-electron chi connectivity index (χ1n) is 15.7. The van der Waals surface area contributed by atoms with Gasteiger partial charge < -0.3 is 30.6 Å². The number of halogens is 6. The molecule has 1 saturated carbocycles. The predicted molar refractivity (Wildman–Crippen MR) is 166 cm³/mol. The van der Waals surface area contributed by atoms with Crippen molar-refractivity contribution in [1.29, 1.82) is 0 Å². The Hall–Kier alpha value is -4.32. The molecule has 1 aliphatic heterocycles. The molecule has 0 radical (unpaired) electrons. The van der Waals surface area contributed by atoms with Crippen LogP contribution in [0, 0.1) is 5.92 Å². The molecule has 0 spiro atoms. The third-order valence-corrected chi connectivity index (χ3v) is 8.30. The lowest BCUT2D eigenvalue weighted by Crippen LogP contribution is -2.56. The number of carbonyl (C=O) groups is 5. The molecule has 4 N–H and O–H groups in total. The number of imidazole rings is 1. The van der Waals surface area contributed by atoms with Gasteiger partial charge in [0.15, 0.2) is 5.82 Å². The number of ether oxygens (including phenoxy) is 1. The monoisotopic (exact) mass is 718 g/mol. The number of likely N-dealkylation sites (tertiary alicyclic amines) is 1. The molecule has 1 aliphatic carbocycles. The molecule has 2 fully saturated rings. The second kappa shape index (κ2) is 16.1. The average Bonchev–Trinajstić information content (AvgIpc) is 3.47. The fourth-order valence-electron chi connectivity index (χ4n) is 5.09. The maximum atomic E-state index is 13.5. The van der Waals surface area contributed by atoms with Crippen LogP contribution in [0.2, 0.25) is 0 Å². The predicted octanol–water partition coefficient (Wildman–Crippen LogP) is 3.65. The number of benzene rings is 1. The molecule has 50 heavy (non-hydrogen) atoms. The van der Waals surface area contributed by atoms with Crippen molar-refractivity contribution in [2.75, 3.05) is 25.0 Å². The normalized spacial score (nSPS) is 17.0. The van der Waals surface area contributed by atoms with Gasteiger partial charge in [0.1, 0.15) is 11.6 Å². The van der Waals surface area contributed by atoms with E-state index in [0.29, 0.717) is 18.3 Å². The van der Waals surface area contributed by atoms with Crippen molar-refractivity contribution in [3.63, 3.8) is 0 Å². The summed E-state index contributed by atoms with van der Waals surface area (Å²) in [7, 11) is 0. The molecule has 0 unspecified atom stereocenters. The largest absolute Gasteiger partial charge is 0.458 e. The number of nitrogens with two attached hydrogens (primary N) is 1. The summed E-state index contributed by atoms with van der Waals surface area (Å²) in [6.07, 6.45) is -3.71. The summed E-state index contributed by atoms with van der Waals surface area (Å²) in [4.78, 5) is 64.8. The molecule has 12 nitrogen and oxygen atoms in total. The number of aromatic nitrogens is 2. The highest BCUT2D eigenvalue weighted by Gasteiger charge is 2.54. The van der Waals surface area contributed by atoms with E-state index in [4.69, 9.17) is 10.5 Å². The van der Waals surface area contributed by atoms with Crippen molar-refractivity contribution in [2.24, 2.45) is 11.7 Å². The molecule has 3 amide bonds. The minimum Gasteiger partial charge on any atom is -0.374 e. The van der Waals surface area contributed by atoms with Gasteiger partial charge in [-0.1, -0.05) is 37.3 Å². The zero-order valence-electron chi connectivity index (χ0n) is 27.7. The lowest BCUT2D eigenvalue weighted by molar-refractivity contribution is -0.193. The van der Waals surface area contributed by atoms with E-state index in [-0.39, 0.29) is 12.5 Å². The second-order valence-electron chi connectivity index (χ2n) is 12.9. The van der Waals surface area contributed by atoms with Crippen LogP contribution in [0.25, 0.3) is 0 Å². The summed E-state index contributed by atoms with van der Waals surface area (Å²) in [5, 5.41) is 5.47. The molecule has 1 atom stereocenters. The first-order chi connectivity index (χ1) is 23.1. The first-order valence-corrected chi connectivity index (χ1v) is 15.7. The third-order valence-electron chi connectivity index (χ3n) is 8.30. The Morgan fingerprint density at radius 3 is 2.02 bits per heavy atom. The molecule has 2 heterocycles. The van der Waals surface area contributed by atoms with E-state index < -0.39 is 52.9 Å². The maximum Gasteiger partial charge on any atom is 0.458 e. The minimum atomic E-state index is -5.77. The van der Waals surface area contributed by atoms with Gasteiger partial charge >= 0.3 is 23.9 Å². The van der Waals surface area contributed by atoms with Crippen LogP contribution in [0.1, 0.15) is 58.4 Å². The van der Waals surface area contributed by atoms with Crippen molar-refractivity contribution >= 4 is 35.1 Å². The number of alkyl halides is 6. The lowest BCUT2D eigenvalue weighted by Gasteiger charge is -2.45. The van der Waals surface area contributed by atoms with Crippen LogP contribution in [0.4, 0.5) is 32.2 Å². The fraction of sp³-hybridized carbons (Fsp3) is 0.562. The van der Waals surface area contributed by atoms with E-state index >= 15 is 0 Å². The van der Waals surface area contributed by atoms with Gasteiger partial charge in [-0.05, 0) is 57.4 Å². The standard InChI is InChI=1S/C28H40N6O4.C4F6O2/c1-20-10-14-33(15-11-20)26(37)28(12-7-13-28)34-16-23(30-19-34)32-24(35)22(31-25(36)27(2,3)29)18-38-17-21-8-5-4-6-9-21;5-3(6,7)1(11)2(12)4(8,9)10/h4-6,8-9,16,19-20,22H,7,10-15,17-18,29H2,1-3H3,(H,31,36)(H,32,35);/t22-;/m1./s1. The molecule has 0 bridgehead atoms. The molecular weight excluding hydrogens is 678 g/mol. The Balaban J connectivity index is 0.000000482. The SMILES string of the molecule is CC1CCN(C(=O)C2(n3cnc(NC(=O)[C@@H](COCc4ccccc4)NC(=O)C(C)(C)N)c3)CCC2)CC1.O=C(C(=O)C(F)(F)F)C(F)(F)F. The van der Waals surface area contributed by atoms with Crippen LogP contribution in [0.3, 0.4) is 0 Å². The number of hydrogen-bond donors (Lipinski definition) is 3. The molecular formula is C32H40F6N6O6. The summed E-state index contributed by atoms with van der Waals surface area (Å²) >= 11 is 0. The van der Waals surface area contributed by atoms with Crippen LogP contribution in [0.15, 0.2) is 42.9 Å². The number of rotatable bonds is 11. The Morgan fingerprint density at radius 1 is 0.980 bits per heavy atom. The minimum absolute atomic E-state index is 0.0426. The van der Waals surface area contributed by atoms with Gasteiger partial charge in [0.25, 0.3) is 5.91 Å². The van der Waals surface area contributed by atoms with Crippen LogP contribution in [-0.2, 0) is 40.9 Å². The van der Waals surface area contributed by atoms with Crippen molar-refractivity contribution in [2.45, 2.75) is 89.0 Å². The second-order valence-corrected chi connectivity index (χ2v) is 12.9. The molecule has 1 aromatic heterocycles.